The van der Waals surface area contributed by atoms with Gasteiger partial charge in [-0.25, -0.2) is 12.8 Å². The Bertz CT molecular complexity index is 1540. The Morgan fingerprint density at radius 1 is 1.21 bits per heavy atom. The summed E-state index contributed by atoms with van der Waals surface area (Å²) in [6.07, 6.45) is 2.87. The van der Waals surface area contributed by atoms with Gasteiger partial charge in [0.2, 0.25) is 9.84 Å². The molecule has 0 bridgehead atoms. The number of fused-ring (bicyclic) bond motifs is 2. The molecule has 9 nitrogen and oxygen atoms in total. The summed E-state index contributed by atoms with van der Waals surface area (Å²) in [5.41, 5.74) is -1.14. The zero-order chi connectivity index (χ0) is 23.5. The number of halogens is 1. The van der Waals surface area contributed by atoms with Gasteiger partial charge in [-0.15, -0.1) is 0 Å². The Morgan fingerprint density at radius 2 is 1.97 bits per heavy atom. The van der Waals surface area contributed by atoms with E-state index in [0.29, 0.717) is 18.0 Å². The Kier molecular flexibility index (Phi) is 4.74. The van der Waals surface area contributed by atoms with E-state index in [1.165, 1.54) is 22.8 Å². The van der Waals surface area contributed by atoms with Gasteiger partial charge in [0.05, 0.1) is 27.2 Å². The smallest absolute Gasteiger partial charge is 0.270 e. The molecule has 0 atom stereocenters. The zero-order valence-corrected chi connectivity index (χ0v) is 17.9. The summed E-state index contributed by atoms with van der Waals surface area (Å²) >= 11 is 0. The van der Waals surface area contributed by atoms with Crippen molar-refractivity contribution >= 4 is 37.8 Å². The molecule has 0 radical (unpaired) electrons. The van der Waals surface area contributed by atoms with Crippen molar-refractivity contribution in [3.63, 3.8) is 0 Å². The third-order valence-electron chi connectivity index (χ3n) is 5.95. The molecule has 3 aromatic rings. The number of aryl methyl sites for hydroxylation is 1. The predicted octanol–water partition coefficient (Wildman–Crippen LogP) is 3.75. The number of nitrogens with one attached hydrogen (secondary N) is 1. The lowest BCUT2D eigenvalue weighted by molar-refractivity contribution is -0.385. The van der Waals surface area contributed by atoms with E-state index in [1.54, 1.807) is 0 Å². The van der Waals surface area contributed by atoms with E-state index in [0.717, 1.165) is 42.9 Å². The summed E-state index contributed by atoms with van der Waals surface area (Å²) in [5, 5.41) is 25.6. The minimum Gasteiger partial charge on any atom is -0.506 e. The molecule has 2 heterocycles. The van der Waals surface area contributed by atoms with Crippen LogP contribution in [0.1, 0.15) is 24.8 Å². The molecule has 170 valence electrons. The molecule has 2 N–H and O–H groups in total. The van der Waals surface area contributed by atoms with E-state index < -0.39 is 37.6 Å². The van der Waals surface area contributed by atoms with Crippen molar-refractivity contribution in [2.45, 2.75) is 30.7 Å². The van der Waals surface area contributed by atoms with Gasteiger partial charge in [-0.1, -0.05) is 12.8 Å². The minimum atomic E-state index is -4.18. The van der Waals surface area contributed by atoms with Gasteiger partial charge in [0.1, 0.15) is 22.0 Å². The molecule has 2 aromatic carbocycles. The van der Waals surface area contributed by atoms with Crippen LogP contribution in [-0.4, -0.2) is 23.0 Å². The van der Waals surface area contributed by atoms with E-state index in [2.05, 4.69) is 5.32 Å². The monoisotopic (exact) mass is 471 g/mol. The van der Waals surface area contributed by atoms with Gasteiger partial charge in [-0.2, -0.15) is 0 Å². The lowest BCUT2D eigenvalue weighted by Gasteiger charge is -2.21. The van der Waals surface area contributed by atoms with Gasteiger partial charge in [0.15, 0.2) is 0 Å². The van der Waals surface area contributed by atoms with Crippen molar-refractivity contribution in [2.24, 2.45) is 5.92 Å². The Morgan fingerprint density at radius 3 is 2.67 bits per heavy atom. The molecule has 0 spiro atoms. The molecule has 1 saturated carbocycles. The molecular formula is C22H18FN3O6S. The number of hydrogen-bond donors (Lipinski definition) is 2. The molecule has 1 aromatic heterocycles. The van der Waals surface area contributed by atoms with Crippen molar-refractivity contribution in [1.29, 1.82) is 0 Å². The number of benzene rings is 2. The van der Waals surface area contributed by atoms with Crippen molar-refractivity contribution in [2.75, 3.05) is 5.32 Å². The van der Waals surface area contributed by atoms with E-state index in [9.17, 15) is 32.8 Å². The predicted molar refractivity (Wildman–Crippen MR) is 119 cm³/mol. The number of nitro groups is 1. The number of nitro benzene ring substituents is 1. The molecular weight excluding hydrogens is 453 g/mol. The van der Waals surface area contributed by atoms with E-state index in [-0.39, 0.29) is 27.2 Å². The first kappa shape index (κ1) is 21.1. The molecule has 0 saturated heterocycles. The molecule has 2 aliphatic rings. The maximum atomic E-state index is 14.0. The largest absolute Gasteiger partial charge is 0.506 e. The van der Waals surface area contributed by atoms with Crippen LogP contribution >= 0.6 is 0 Å². The van der Waals surface area contributed by atoms with Gasteiger partial charge in [-0.05, 0) is 36.6 Å². The maximum absolute atomic E-state index is 14.0. The number of nitrogens with zero attached hydrogens (tertiary/aromatic N) is 2. The standard InChI is InChI=1S/C22H18FN3O6S/c23-13-3-6-18-15(9-13)21(27)20(22(28)25(18)8-7-12-1-2-12)17-11-33(31,32)19-10-14(26(29)30)4-5-16(19)24-17/h3-6,9-12,24,27H,1-2,7-8H2. The Labute approximate surface area is 186 Å². The van der Waals surface area contributed by atoms with Gasteiger partial charge >= 0.3 is 0 Å². The van der Waals surface area contributed by atoms with Crippen molar-refractivity contribution in [3.8, 4) is 5.75 Å². The Balaban J connectivity index is 1.71. The van der Waals surface area contributed by atoms with Gasteiger partial charge in [0.25, 0.3) is 11.2 Å². The van der Waals surface area contributed by atoms with Crippen LogP contribution in [-0.2, 0) is 16.4 Å². The third-order valence-corrected chi connectivity index (χ3v) is 7.45. The van der Waals surface area contributed by atoms with Crippen LogP contribution in [0.2, 0.25) is 0 Å². The van der Waals surface area contributed by atoms with Crippen LogP contribution in [0.3, 0.4) is 0 Å². The normalized spacial score (nSPS) is 16.7. The molecule has 11 heteroatoms. The fraction of sp³-hybridized carbons (Fsp3) is 0.227. The van der Waals surface area contributed by atoms with Gasteiger partial charge < -0.3 is 15.0 Å². The molecule has 33 heavy (non-hydrogen) atoms. The van der Waals surface area contributed by atoms with Crippen LogP contribution in [0.15, 0.2) is 51.5 Å². The Hall–Kier alpha value is -3.73. The molecule has 1 aliphatic heterocycles. The summed E-state index contributed by atoms with van der Waals surface area (Å²) in [6.45, 7) is 0.335. The number of hydrogen-bond acceptors (Lipinski definition) is 7. The highest BCUT2D eigenvalue weighted by Crippen LogP contribution is 2.39. The highest BCUT2D eigenvalue weighted by molar-refractivity contribution is 7.94. The van der Waals surface area contributed by atoms with E-state index >= 15 is 0 Å². The second-order valence-electron chi connectivity index (χ2n) is 8.21. The van der Waals surface area contributed by atoms with Crippen LogP contribution in [0, 0.1) is 21.8 Å². The molecule has 0 amide bonds. The van der Waals surface area contributed by atoms with Crippen LogP contribution < -0.4 is 10.9 Å². The van der Waals surface area contributed by atoms with Crippen molar-refractivity contribution in [1.82, 2.24) is 4.57 Å². The summed E-state index contributed by atoms with van der Waals surface area (Å²) in [4.78, 5) is 23.4. The van der Waals surface area contributed by atoms with Crippen molar-refractivity contribution < 1.29 is 22.8 Å². The van der Waals surface area contributed by atoms with Crippen LogP contribution in [0.5, 0.6) is 5.75 Å². The summed E-state index contributed by atoms with van der Waals surface area (Å²) in [6, 6.07) is 6.98. The fourth-order valence-corrected chi connectivity index (χ4v) is 5.40. The highest BCUT2D eigenvalue weighted by Gasteiger charge is 2.30. The minimum absolute atomic E-state index is 0.0285. The van der Waals surface area contributed by atoms with Gasteiger partial charge in [0, 0.05) is 24.1 Å². The lowest BCUT2D eigenvalue weighted by Crippen LogP contribution is -2.27. The van der Waals surface area contributed by atoms with E-state index in [1.807, 2.05) is 0 Å². The molecule has 1 aliphatic carbocycles. The molecule has 5 rings (SSSR count). The summed E-state index contributed by atoms with van der Waals surface area (Å²) < 4.78 is 41.2. The van der Waals surface area contributed by atoms with Gasteiger partial charge in [-0.3, -0.25) is 14.9 Å². The quantitative estimate of drug-likeness (QED) is 0.428. The number of pyridine rings is 1. The first-order valence-electron chi connectivity index (χ1n) is 10.2. The number of aromatic nitrogens is 1. The number of aromatic hydroxyl groups is 1. The highest BCUT2D eigenvalue weighted by atomic mass is 32.2. The first-order valence-corrected chi connectivity index (χ1v) is 11.8. The molecule has 1 fully saturated rings. The average Bonchev–Trinajstić information content (AvgIpc) is 3.58. The maximum Gasteiger partial charge on any atom is 0.270 e. The lowest BCUT2D eigenvalue weighted by atomic mass is 10.1. The third kappa shape index (κ3) is 3.63. The first-order chi connectivity index (χ1) is 15.7. The van der Waals surface area contributed by atoms with E-state index in [4.69, 9.17) is 0 Å². The summed E-state index contributed by atoms with van der Waals surface area (Å²) in [5.74, 6) is -0.664. The van der Waals surface area contributed by atoms with Crippen LogP contribution in [0.4, 0.5) is 15.8 Å². The molecule has 0 unspecified atom stereocenters. The SMILES string of the molecule is O=c1c(C2=CS(=O)(=O)c3cc([N+](=O)[O-])ccc3N2)c(O)c2cc(F)ccc2n1CCC1CC1. The summed E-state index contributed by atoms with van der Waals surface area (Å²) in [7, 11) is -4.18. The number of non-ortho nitro benzene ring substituents is 1. The van der Waals surface area contributed by atoms with Crippen LogP contribution in [0.25, 0.3) is 16.6 Å². The topological polar surface area (TPSA) is 132 Å². The second-order valence-corrected chi connectivity index (χ2v) is 9.98. The zero-order valence-electron chi connectivity index (χ0n) is 17.1. The number of sulfone groups is 1. The number of rotatable bonds is 5. The average molecular weight is 471 g/mol. The number of anilines is 1. The second kappa shape index (κ2) is 7.41. The van der Waals surface area contributed by atoms with Crippen molar-refractivity contribution in [3.05, 3.63) is 73.7 Å². The fourth-order valence-electron chi connectivity index (χ4n) is 4.07.